The Morgan fingerprint density at radius 1 is 1.18 bits per heavy atom. The zero-order valence-electron chi connectivity index (χ0n) is 11.7. The molecule has 2 aromatic heterocycles. The van der Waals surface area contributed by atoms with Crippen LogP contribution in [0, 0.1) is 6.92 Å². The minimum atomic E-state index is -0.987. The van der Waals surface area contributed by atoms with Gasteiger partial charge in [0, 0.05) is 17.8 Å². The summed E-state index contributed by atoms with van der Waals surface area (Å²) in [4.78, 5) is 16.7. The van der Waals surface area contributed by atoms with Crippen LogP contribution in [0.25, 0.3) is 5.82 Å². The molecule has 0 aliphatic carbocycles. The highest BCUT2D eigenvalue weighted by Crippen LogP contribution is 2.27. The quantitative estimate of drug-likeness (QED) is 0.795. The zero-order valence-corrected chi connectivity index (χ0v) is 11.7. The molecule has 110 valence electrons. The Morgan fingerprint density at radius 3 is 2.68 bits per heavy atom. The number of benzene rings is 1. The number of carboxylic acids is 1. The number of ether oxygens (including phenoxy) is 1. The molecule has 0 atom stereocenters. The molecule has 1 aromatic carbocycles. The van der Waals surface area contributed by atoms with Crippen molar-refractivity contribution in [2.75, 3.05) is 0 Å². The van der Waals surface area contributed by atoms with Gasteiger partial charge in [0.1, 0.15) is 11.5 Å². The molecule has 0 fully saturated rings. The van der Waals surface area contributed by atoms with Crippen LogP contribution in [-0.4, -0.2) is 31.1 Å². The van der Waals surface area contributed by atoms with Gasteiger partial charge in [-0.2, -0.15) is 10.2 Å². The van der Waals surface area contributed by atoms with E-state index in [4.69, 9.17) is 9.84 Å². The lowest BCUT2D eigenvalue weighted by Crippen LogP contribution is -2.02. The van der Waals surface area contributed by atoms with Crippen LogP contribution in [0.4, 0.5) is 0 Å². The molecule has 7 nitrogen and oxygen atoms in total. The standard InChI is InChI=1S/C15H12N4O3/c1-10-12(15(20)21)3-2-4-13(10)22-11-5-6-16-14(9-11)19-17-7-8-18-19/h2-9H,1H3,(H,20,21). The van der Waals surface area contributed by atoms with Crippen LogP contribution in [0.3, 0.4) is 0 Å². The molecule has 22 heavy (non-hydrogen) atoms. The van der Waals surface area contributed by atoms with Gasteiger partial charge in [-0.05, 0) is 25.1 Å². The summed E-state index contributed by atoms with van der Waals surface area (Å²) in [6.45, 7) is 1.70. The second-order valence-corrected chi connectivity index (χ2v) is 4.50. The predicted octanol–water partition coefficient (Wildman–Crippen LogP) is 2.46. The topological polar surface area (TPSA) is 90.1 Å². The van der Waals surface area contributed by atoms with Gasteiger partial charge in [-0.25, -0.2) is 9.78 Å². The number of hydrogen-bond acceptors (Lipinski definition) is 5. The Balaban J connectivity index is 1.93. The average Bonchev–Trinajstić information content (AvgIpc) is 3.04. The predicted molar refractivity (Wildman–Crippen MR) is 77.4 cm³/mol. The molecule has 1 N–H and O–H groups in total. The van der Waals surface area contributed by atoms with Gasteiger partial charge in [-0.15, -0.1) is 4.80 Å². The van der Waals surface area contributed by atoms with Crippen molar-refractivity contribution in [1.82, 2.24) is 20.0 Å². The summed E-state index contributed by atoms with van der Waals surface area (Å²) in [7, 11) is 0. The van der Waals surface area contributed by atoms with Gasteiger partial charge in [-0.1, -0.05) is 6.07 Å². The van der Waals surface area contributed by atoms with Gasteiger partial charge in [0.05, 0.1) is 18.0 Å². The molecule has 0 bridgehead atoms. The molecule has 0 radical (unpaired) electrons. The highest BCUT2D eigenvalue weighted by atomic mass is 16.5. The summed E-state index contributed by atoms with van der Waals surface area (Å²) in [6, 6.07) is 8.25. The lowest BCUT2D eigenvalue weighted by Gasteiger charge is -2.11. The van der Waals surface area contributed by atoms with Gasteiger partial charge in [0.15, 0.2) is 5.82 Å². The third-order valence-corrected chi connectivity index (χ3v) is 3.08. The monoisotopic (exact) mass is 296 g/mol. The molecule has 3 rings (SSSR count). The molecule has 2 heterocycles. The summed E-state index contributed by atoms with van der Waals surface area (Å²) in [5.41, 5.74) is 0.770. The van der Waals surface area contributed by atoms with Crippen molar-refractivity contribution in [2.45, 2.75) is 6.92 Å². The van der Waals surface area contributed by atoms with Gasteiger partial charge >= 0.3 is 5.97 Å². The first-order chi connectivity index (χ1) is 10.6. The lowest BCUT2D eigenvalue weighted by molar-refractivity contribution is 0.0695. The molecular weight excluding hydrogens is 284 g/mol. The van der Waals surface area contributed by atoms with Crippen molar-refractivity contribution in [3.8, 4) is 17.3 Å². The molecule has 0 saturated heterocycles. The van der Waals surface area contributed by atoms with Gasteiger partial charge in [0.25, 0.3) is 0 Å². The van der Waals surface area contributed by atoms with Gasteiger partial charge < -0.3 is 9.84 Å². The van der Waals surface area contributed by atoms with Crippen LogP contribution >= 0.6 is 0 Å². The van der Waals surface area contributed by atoms with E-state index in [-0.39, 0.29) is 5.56 Å². The molecule has 0 aliphatic rings. The van der Waals surface area contributed by atoms with Crippen LogP contribution in [0.15, 0.2) is 48.9 Å². The van der Waals surface area contributed by atoms with E-state index in [9.17, 15) is 4.79 Å². The van der Waals surface area contributed by atoms with Crippen LogP contribution in [0.1, 0.15) is 15.9 Å². The number of carboxylic acid groups (broad SMARTS) is 1. The molecule has 7 heteroatoms. The van der Waals surface area contributed by atoms with Crippen LogP contribution < -0.4 is 4.74 Å². The average molecular weight is 296 g/mol. The van der Waals surface area contributed by atoms with Crippen molar-refractivity contribution >= 4 is 5.97 Å². The van der Waals surface area contributed by atoms with Crippen LogP contribution in [0.5, 0.6) is 11.5 Å². The maximum absolute atomic E-state index is 11.2. The normalized spacial score (nSPS) is 10.4. The van der Waals surface area contributed by atoms with Crippen molar-refractivity contribution < 1.29 is 14.6 Å². The Labute approximate surface area is 125 Å². The molecule has 0 aliphatic heterocycles. The second-order valence-electron chi connectivity index (χ2n) is 4.50. The maximum Gasteiger partial charge on any atom is 0.336 e. The number of hydrogen-bond donors (Lipinski definition) is 1. The van der Waals surface area contributed by atoms with Crippen LogP contribution in [0.2, 0.25) is 0 Å². The van der Waals surface area contributed by atoms with Crippen LogP contribution in [-0.2, 0) is 0 Å². The van der Waals surface area contributed by atoms with E-state index in [1.807, 2.05) is 0 Å². The molecule has 3 aromatic rings. The Bertz CT molecular complexity index is 815. The van der Waals surface area contributed by atoms with Crippen molar-refractivity contribution in [3.63, 3.8) is 0 Å². The first-order valence-electron chi connectivity index (χ1n) is 6.48. The number of pyridine rings is 1. The number of carbonyl (C=O) groups is 1. The highest BCUT2D eigenvalue weighted by molar-refractivity contribution is 5.90. The summed E-state index contributed by atoms with van der Waals surface area (Å²) in [5.74, 6) is 0.520. The van der Waals surface area contributed by atoms with E-state index >= 15 is 0 Å². The van der Waals surface area contributed by atoms with E-state index in [1.54, 1.807) is 49.8 Å². The van der Waals surface area contributed by atoms with Crippen molar-refractivity contribution in [3.05, 3.63) is 60.0 Å². The Kier molecular flexibility index (Phi) is 3.53. The van der Waals surface area contributed by atoms with Crippen molar-refractivity contribution in [2.24, 2.45) is 0 Å². The smallest absolute Gasteiger partial charge is 0.336 e. The van der Waals surface area contributed by atoms with E-state index in [0.717, 1.165) is 0 Å². The maximum atomic E-state index is 11.2. The third-order valence-electron chi connectivity index (χ3n) is 3.08. The number of nitrogens with zero attached hydrogens (tertiary/aromatic N) is 4. The second kappa shape index (κ2) is 5.65. The fourth-order valence-electron chi connectivity index (χ4n) is 1.99. The number of aromatic nitrogens is 4. The lowest BCUT2D eigenvalue weighted by atomic mass is 10.1. The Hall–Kier alpha value is -3.22. The van der Waals surface area contributed by atoms with E-state index in [1.165, 1.54) is 10.9 Å². The summed E-state index contributed by atoms with van der Waals surface area (Å²) >= 11 is 0. The molecule has 0 spiro atoms. The molecule has 0 saturated carbocycles. The SMILES string of the molecule is Cc1c(Oc2ccnc(-n3nccn3)c2)cccc1C(=O)O. The summed E-state index contributed by atoms with van der Waals surface area (Å²) in [6.07, 6.45) is 4.68. The molecule has 0 unspecified atom stereocenters. The first kappa shape index (κ1) is 13.7. The highest BCUT2D eigenvalue weighted by Gasteiger charge is 2.12. The van der Waals surface area contributed by atoms with Crippen molar-refractivity contribution in [1.29, 1.82) is 0 Å². The largest absolute Gasteiger partial charge is 0.478 e. The minimum Gasteiger partial charge on any atom is -0.478 e. The van der Waals surface area contributed by atoms with E-state index in [0.29, 0.717) is 22.9 Å². The fraction of sp³-hybridized carbons (Fsp3) is 0.0667. The zero-order chi connectivity index (χ0) is 15.5. The van der Waals surface area contributed by atoms with Gasteiger partial charge in [-0.3, -0.25) is 0 Å². The minimum absolute atomic E-state index is 0.209. The van der Waals surface area contributed by atoms with E-state index in [2.05, 4.69) is 15.2 Å². The molecular formula is C15H12N4O3. The number of rotatable bonds is 4. The fourth-order valence-corrected chi connectivity index (χ4v) is 1.99. The Morgan fingerprint density at radius 2 is 1.95 bits per heavy atom. The molecule has 0 amide bonds. The first-order valence-corrected chi connectivity index (χ1v) is 6.48. The third kappa shape index (κ3) is 2.64. The summed E-state index contributed by atoms with van der Waals surface area (Å²) in [5, 5.41) is 17.1. The van der Waals surface area contributed by atoms with Gasteiger partial charge in [0.2, 0.25) is 0 Å². The van der Waals surface area contributed by atoms with E-state index < -0.39 is 5.97 Å². The summed E-state index contributed by atoms with van der Waals surface area (Å²) < 4.78 is 5.77. The number of aromatic carboxylic acids is 1.